The monoisotopic (exact) mass is 684 g/mol. The second-order valence-electron chi connectivity index (χ2n) is 14.4. The molecule has 0 unspecified atom stereocenters. The minimum Gasteiger partial charge on any atom is -0.456 e. The van der Waals surface area contributed by atoms with Crippen molar-refractivity contribution in [1.29, 1.82) is 0 Å². The van der Waals surface area contributed by atoms with Crippen LogP contribution in [0.2, 0.25) is 0 Å². The van der Waals surface area contributed by atoms with Gasteiger partial charge in [-0.25, -0.2) is 4.98 Å². The molecule has 246 valence electrons. The molecule has 0 radical (unpaired) electrons. The molecule has 2 aromatic heterocycles. The zero-order chi connectivity index (χ0) is 34.6. The van der Waals surface area contributed by atoms with Gasteiger partial charge in [-0.05, 0) is 117 Å². The maximum Gasteiger partial charge on any atom is 0.135 e. The van der Waals surface area contributed by atoms with E-state index in [9.17, 15) is 0 Å². The van der Waals surface area contributed by atoms with E-state index in [2.05, 4.69) is 164 Å². The first-order valence-corrected chi connectivity index (χ1v) is 18.6. The number of hydrogen-bond donors (Lipinski definition) is 0. The van der Waals surface area contributed by atoms with Crippen LogP contribution in [0.1, 0.15) is 25.0 Å². The number of nitrogens with zero attached hydrogens (tertiary/aromatic N) is 2. The Hall–Kier alpha value is -6.23. The molecular weight excluding hydrogens is 653 g/mol. The predicted octanol–water partition coefficient (Wildman–Crippen LogP) is 13.9. The fraction of sp³-hybridized carbons (Fsp3) is 0.0625. The first kappa shape index (κ1) is 29.5. The van der Waals surface area contributed by atoms with Crippen molar-refractivity contribution in [3.63, 3.8) is 0 Å². The number of benzene rings is 8. The highest BCUT2D eigenvalue weighted by molar-refractivity contribution is 7.21. The van der Waals surface area contributed by atoms with Crippen LogP contribution in [0.25, 0.3) is 75.4 Å². The molecule has 0 amide bonds. The topological polar surface area (TPSA) is 29.3 Å². The molecule has 1 aliphatic carbocycles. The highest BCUT2D eigenvalue weighted by atomic mass is 32.1. The normalized spacial score (nSPS) is 13.3. The number of para-hydroxylation sites is 2. The van der Waals surface area contributed by atoms with Crippen LogP contribution in [0, 0.1) is 0 Å². The zero-order valence-electron chi connectivity index (χ0n) is 28.7. The highest BCUT2D eigenvalue weighted by Gasteiger charge is 2.36. The Kier molecular flexibility index (Phi) is 6.17. The van der Waals surface area contributed by atoms with Crippen molar-refractivity contribution in [2.45, 2.75) is 19.3 Å². The van der Waals surface area contributed by atoms with Crippen molar-refractivity contribution >= 4 is 82.1 Å². The number of rotatable bonds is 4. The molecule has 11 rings (SSSR count). The van der Waals surface area contributed by atoms with Crippen molar-refractivity contribution in [2.24, 2.45) is 0 Å². The van der Waals surface area contributed by atoms with E-state index in [1.54, 1.807) is 11.3 Å². The van der Waals surface area contributed by atoms with Gasteiger partial charge in [-0.3, -0.25) is 0 Å². The summed E-state index contributed by atoms with van der Waals surface area (Å²) in [5.41, 5.74) is 12.6. The van der Waals surface area contributed by atoms with E-state index in [0.29, 0.717) is 0 Å². The lowest BCUT2D eigenvalue weighted by Crippen LogP contribution is -2.14. The maximum atomic E-state index is 6.18. The lowest BCUT2D eigenvalue weighted by atomic mass is 9.81. The smallest absolute Gasteiger partial charge is 0.135 e. The van der Waals surface area contributed by atoms with E-state index in [0.717, 1.165) is 49.5 Å². The quantitative estimate of drug-likeness (QED) is 0.173. The Morgan fingerprint density at radius 2 is 1.19 bits per heavy atom. The van der Waals surface area contributed by atoms with Crippen LogP contribution in [-0.4, -0.2) is 4.98 Å². The molecule has 0 saturated carbocycles. The Labute approximate surface area is 305 Å². The fourth-order valence-corrected chi connectivity index (χ4v) is 9.41. The zero-order valence-corrected chi connectivity index (χ0v) is 29.5. The predicted molar refractivity (Wildman–Crippen MR) is 220 cm³/mol. The van der Waals surface area contributed by atoms with Gasteiger partial charge in [0.25, 0.3) is 0 Å². The summed E-state index contributed by atoms with van der Waals surface area (Å²) in [6.07, 6.45) is 0. The lowest BCUT2D eigenvalue weighted by molar-refractivity contribution is 0.662. The summed E-state index contributed by atoms with van der Waals surface area (Å²) in [6.45, 7) is 4.71. The van der Waals surface area contributed by atoms with Crippen molar-refractivity contribution < 1.29 is 4.42 Å². The maximum absolute atomic E-state index is 6.18. The van der Waals surface area contributed by atoms with Gasteiger partial charge in [0.05, 0.1) is 10.2 Å². The third-order valence-electron chi connectivity index (χ3n) is 11.0. The average molecular weight is 685 g/mol. The largest absolute Gasteiger partial charge is 0.456 e. The van der Waals surface area contributed by atoms with Crippen LogP contribution in [0.5, 0.6) is 0 Å². The molecule has 10 aromatic rings. The molecule has 0 aliphatic heterocycles. The van der Waals surface area contributed by atoms with Gasteiger partial charge < -0.3 is 9.32 Å². The minimum atomic E-state index is -0.125. The van der Waals surface area contributed by atoms with E-state index in [1.165, 1.54) is 54.1 Å². The van der Waals surface area contributed by atoms with Gasteiger partial charge in [-0.2, -0.15) is 0 Å². The SMILES string of the molecule is CC1(C)c2cc3ccc4cc(N(c5ccccc5)c5ccc6oc7ccccc7c6c5)ccc4c3cc2-c2cc3sc(-c4ccccc4)nc3cc21. The number of fused-ring (bicyclic) bond motifs is 10. The summed E-state index contributed by atoms with van der Waals surface area (Å²) in [4.78, 5) is 7.43. The summed E-state index contributed by atoms with van der Waals surface area (Å²) in [5, 5.41) is 8.32. The Morgan fingerprint density at radius 1 is 0.519 bits per heavy atom. The molecule has 0 saturated heterocycles. The molecule has 0 bridgehead atoms. The van der Waals surface area contributed by atoms with Crippen LogP contribution < -0.4 is 4.90 Å². The van der Waals surface area contributed by atoms with Crippen LogP contribution in [0.15, 0.2) is 162 Å². The molecule has 1 aliphatic rings. The average Bonchev–Trinajstić information content (AvgIpc) is 3.84. The molecule has 52 heavy (non-hydrogen) atoms. The second kappa shape index (κ2) is 10.9. The van der Waals surface area contributed by atoms with Gasteiger partial charge in [-0.1, -0.05) is 98.8 Å². The molecule has 0 spiro atoms. The molecule has 8 aromatic carbocycles. The van der Waals surface area contributed by atoms with Crippen molar-refractivity contribution in [1.82, 2.24) is 4.98 Å². The molecule has 2 heterocycles. The molecule has 0 atom stereocenters. The fourth-order valence-electron chi connectivity index (χ4n) is 8.42. The van der Waals surface area contributed by atoms with E-state index < -0.39 is 0 Å². The van der Waals surface area contributed by atoms with Crippen LogP contribution in [-0.2, 0) is 5.41 Å². The van der Waals surface area contributed by atoms with Gasteiger partial charge in [0.1, 0.15) is 16.2 Å². The second-order valence-corrected chi connectivity index (χ2v) is 15.4. The van der Waals surface area contributed by atoms with Gasteiger partial charge in [0.2, 0.25) is 0 Å². The Morgan fingerprint density at radius 3 is 2.04 bits per heavy atom. The van der Waals surface area contributed by atoms with E-state index in [-0.39, 0.29) is 5.41 Å². The van der Waals surface area contributed by atoms with Gasteiger partial charge in [0.15, 0.2) is 0 Å². The van der Waals surface area contributed by atoms with E-state index in [4.69, 9.17) is 9.40 Å². The highest BCUT2D eigenvalue weighted by Crippen LogP contribution is 2.52. The van der Waals surface area contributed by atoms with Crippen LogP contribution >= 0.6 is 11.3 Å². The van der Waals surface area contributed by atoms with Gasteiger partial charge in [-0.15, -0.1) is 11.3 Å². The van der Waals surface area contributed by atoms with E-state index in [1.807, 2.05) is 12.1 Å². The summed E-state index contributed by atoms with van der Waals surface area (Å²) in [7, 11) is 0. The Balaban J connectivity index is 1.06. The first-order valence-electron chi connectivity index (χ1n) is 17.8. The molecule has 0 fully saturated rings. The summed E-state index contributed by atoms with van der Waals surface area (Å²) >= 11 is 1.78. The van der Waals surface area contributed by atoms with E-state index >= 15 is 0 Å². The molecular formula is C48H32N2OS. The number of thiazole rings is 1. The number of anilines is 3. The van der Waals surface area contributed by atoms with Gasteiger partial charge in [0, 0.05) is 38.8 Å². The lowest BCUT2D eigenvalue weighted by Gasteiger charge is -2.26. The summed E-state index contributed by atoms with van der Waals surface area (Å²) in [6, 6.07) is 57.0. The Bertz CT molecular complexity index is 3050. The number of hydrogen-bond acceptors (Lipinski definition) is 4. The van der Waals surface area contributed by atoms with Crippen molar-refractivity contribution in [3.8, 4) is 21.7 Å². The molecule has 4 heteroatoms. The third kappa shape index (κ3) is 4.34. The standard InChI is InChI=1S/C48H32N2OS/c1-48(2)41-24-31-18-17-30-23-33(50(32-13-7-4-8-14-32)34-20-22-45-40(25-34)36-15-9-10-16-44(36)51-45)19-21-35(30)37(31)26-38(41)39-27-46-43(28-42(39)48)49-47(52-46)29-11-5-3-6-12-29/h3-28H,1-2H3. The summed E-state index contributed by atoms with van der Waals surface area (Å²) < 4.78 is 7.41. The minimum absolute atomic E-state index is 0.125. The molecule has 0 N–H and O–H groups in total. The van der Waals surface area contributed by atoms with Crippen LogP contribution in [0.3, 0.4) is 0 Å². The van der Waals surface area contributed by atoms with Crippen molar-refractivity contribution in [2.75, 3.05) is 4.90 Å². The van der Waals surface area contributed by atoms with Gasteiger partial charge >= 0.3 is 0 Å². The van der Waals surface area contributed by atoms with Crippen LogP contribution in [0.4, 0.5) is 17.1 Å². The number of furan rings is 1. The first-order chi connectivity index (χ1) is 25.5. The summed E-state index contributed by atoms with van der Waals surface area (Å²) in [5.74, 6) is 0. The molecule has 3 nitrogen and oxygen atoms in total. The third-order valence-corrected chi connectivity index (χ3v) is 12.1. The number of aromatic nitrogens is 1. The van der Waals surface area contributed by atoms with Crippen molar-refractivity contribution in [3.05, 3.63) is 169 Å².